The summed E-state index contributed by atoms with van der Waals surface area (Å²) >= 11 is 6.03. The number of carbonyl (C=O) groups is 1. The fourth-order valence-corrected chi connectivity index (χ4v) is 7.53. The van der Waals surface area contributed by atoms with E-state index in [1.54, 1.807) is 12.1 Å². The van der Waals surface area contributed by atoms with Crippen LogP contribution in [0.5, 0.6) is 0 Å². The lowest BCUT2D eigenvalue weighted by molar-refractivity contribution is -0.136. The summed E-state index contributed by atoms with van der Waals surface area (Å²) in [6.07, 6.45) is 14.8. The Hall–Kier alpha value is -1.90. The maximum Gasteiger partial charge on any atom is 0.241 e. The largest absolute Gasteiger partial charge is 0.341 e. The average Bonchev–Trinajstić information content (AvgIpc) is 3.38. The van der Waals surface area contributed by atoms with E-state index >= 15 is 0 Å². The number of carbonyl (C=O) groups excluding carboxylic acids is 1. The average molecular weight is 535 g/mol. The summed E-state index contributed by atoms with van der Waals surface area (Å²) in [5.74, 6) is 0.524. The zero-order chi connectivity index (χ0) is 25.6. The number of aromatic nitrogens is 2. The highest BCUT2D eigenvalue weighted by molar-refractivity contribution is 7.89. The Kier molecular flexibility index (Phi) is 9.12. The molecular weight excluding hydrogens is 496 g/mol. The van der Waals surface area contributed by atoms with Gasteiger partial charge in [0.1, 0.15) is 6.04 Å². The number of hydrogen-bond acceptors (Lipinski definition) is 4. The quantitative estimate of drug-likeness (QED) is 0.480. The Labute approximate surface area is 220 Å². The summed E-state index contributed by atoms with van der Waals surface area (Å²) in [6, 6.07) is 6.43. The third kappa shape index (κ3) is 6.90. The number of rotatable bonds is 10. The molecular formula is C27H39ClN4O3S. The molecule has 1 saturated carbocycles. The van der Waals surface area contributed by atoms with Crippen LogP contribution in [0.15, 0.2) is 43.0 Å². The molecule has 1 aromatic carbocycles. The van der Waals surface area contributed by atoms with Gasteiger partial charge < -0.3 is 9.47 Å². The molecule has 1 aliphatic carbocycles. The van der Waals surface area contributed by atoms with E-state index in [-0.39, 0.29) is 17.1 Å². The van der Waals surface area contributed by atoms with Crippen molar-refractivity contribution in [2.24, 2.45) is 11.3 Å². The van der Waals surface area contributed by atoms with Crippen LogP contribution < -0.4 is 4.72 Å². The van der Waals surface area contributed by atoms with Gasteiger partial charge in [-0.15, -0.1) is 0 Å². The molecule has 0 radical (unpaired) electrons. The molecule has 9 heteroatoms. The Morgan fingerprint density at radius 2 is 1.86 bits per heavy atom. The number of piperidine rings is 1. The first-order valence-electron chi connectivity index (χ1n) is 13.3. The highest BCUT2D eigenvalue weighted by atomic mass is 35.5. The fraction of sp³-hybridized carbons (Fsp3) is 0.630. The van der Waals surface area contributed by atoms with Crippen LogP contribution in [0, 0.1) is 11.3 Å². The molecule has 7 nitrogen and oxygen atoms in total. The van der Waals surface area contributed by atoms with Crippen LogP contribution in [0.1, 0.15) is 63.9 Å². The van der Waals surface area contributed by atoms with E-state index in [4.69, 9.17) is 11.6 Å². The summed E-state index contributed by atoms with van der Waals surface area (Å²) in [4.78, 5) is 19.8. The molecule has 198 valence electrons. The minimum atomic E-state index is -3.55. The number of benzene rings is 1. The van der Waals surface area contributed by atoms with Crippen molar-refractivity contribution in [2.75, 3.05) is 18.8 Å². The molecule has 1 N–H and O–H groups in total. The van der Waals surface area contributed by atoms with Crippen molar-refractivity contribution in [1.29, 1.82) is 0 Å². The number of halogens is 1. The fourth-order valence-electron chi connectivity index (χ4n) is 6.13. The van der Waals surface area contributed by atoms with Gasteiger partial charge in [-0.05, 0) is 67.6 Å². The highest BCUT2D eigenvalue weighted by Gasteiger charge is 2.43. The predicted octanol–water partition coefficient (Wildman–Crippen LogP) is 4.67. The van der Waals surface area contributed by atoms with E-state index in [1.165, 1.54) is 32.1 Å². The third-order valence-electron chi connectivity index (χ3n) is 8.04. The van der Waals surface area contributed by atoms with Gasteiger partial charge in [0, 0.05) is 37.1 Å². The molecule has 1 unspecified atom stereocenters. The summed E-state index contributed by atoms with van der Waals surface area (Å²) in [7, 11) is -3.55. The number of amides is 1. The first-order valence-corrected chi connectivity index (χ1v) is 15.3. The van der Waals surface area contributed by atoms with Gasteiger partial charge in [-0.2, -0.15) is 0 Å². The van der Waals surface area contributed by atoms with Crippen molar-refractivity contribution in [3.63, 3.8) is 0 Å². The predicted molar refractivity (Wildman–Crippen MR) is 143 cm³/mol. The van der Waals surface area contributed by atoms with E-state index in [9.17, 15) is 13.2 Å². The second-order valence-corrected chi connectivity index (χ2v) is 12.9. The number of imidazole rings is 1. The van der Waals surface area contributed by atoms with Crippen LogP contribution in [-0.2, 0) is 27.8 Å². The van der Waals surface area contributed by atoms with E-state index in [1.807, 2.05) is 42.7 Å². The summed E-state index contributed by atoms with van der Waals surface area (Å²) in [5.41, 5.74) is 1.02. The number of likely N-dealkylation sites (tertiary alicyclic amines) is 1. The Balaban J connectivity index is 1.50. The number of nitrogens with one attached hydrogen (secondary N) is 1. The molecule has 1 amide bonds. The van der Waals surface area contributed by atoms with Crippen molar-refractivity contribution < 1.29 is 13.2 Å². The van der Waals surface area contributed by atoms with Crippen molar-refractivity contribution in [1.82, 2.24) is 19.2 Å². The normalized spacial score (nSPS) is 19.8. The van der Waals surface area contributed by atoms with Gasteiger partial charge >= 0.3 is 0 Å². The van der Waals surface area contributed by atoms with Gasteiger partial charge in [0.15, 0.2) is 0 Å². The summed E-state index contributed by atoms with van der Waals surface area (Å²) < 4.78 is 30.2. The van der Waals surface area contributed by atoms with Crippen LogP contribution in [0.3, 0.4) is 0 Å². The lowest BCUT2D eigenvalue weighted by Gasteiger charge is -2.48. The van der Waals surface area contributed by atoms with Gasteiger partial charge in [-0.25, -0.2) is 18.1 Å². The maximum atomic E-state index is 13.7. The monoisotopic (exact) mass is 534 g/mol. The molecule has 0 spiro atoms. The molecule has 0 bridgehead atoms. The molecule has 1 atom stereocenters. The van der Waals surface area contributed by atoms with Gasteiger partial charge in [0.2, 0.25) is 15.9 Å². The number of nitrogens with zero attached hydrogens (tertiary/aromatic N) is 3. The lowest BCUT2D eigenvalue weighted by atomic mass is 9.63. The first kappa shape index (κ1) is 27.1. The minimum Gasteiger partial charge on any atom is -0.341 e. The molecule has 36 heavy (non-hydrogen) atoms. The van der Waals surface area contributed by atoms with Crippen molar-refractivity contribution in [2.45, 2.75) is 77.3 Å². The van der Waals surface area contributed by atoms with E-state index in [0.29, 0.717) is 36.9 Å². The molecule has 2 aliphatic rings. The molecule has 4 rings (SSSR count). The third-order valence-corrected chi connectivity index (χ3v) is 9.89. The van der Waals surface area contributed by atoms with Crippen molar-refractivity contribution >= 4 is 27.5 Å². The van der Waals surface area contributed by atoms with Crippen LogP contribution >= 0.6 is 11.6 Å². The SMILES string of the molecule is CCCS(=O)(=O)NC(Cc1ccc(Cl)cc1)C(=O)N1CCC(Cn2ccnc2)(C2CCCCC2)CC1. The lowest BCUT2D eigenvalue weighted by Crippen LogP contribution is -2.54. The molecule has 1 saturated heterocycles. The Morgan fingerprint density at radius 1 is 1.17 bits per heavy atom. The summed E-state index contributed by atoms with van der Waals surface area (Å²) in [6.45, 7) is 4.05. The zero-order valence-corrected chi connectivity index (χ0v) is 22.8. The summed E-state index contributed by atoms with van der Waals surface area (Å²) in [5, 5.41) is 0.612. The van der Waals surface area contributed by atoms with Crippen LogP contribution in [0.2, 0.25) is 5.02 Å². The van der Waals surface area contributed by atoms with Gasteiger partial charge in [-0.1, -0.05) is 49.9 Å². The van der Waals surface area contributed by atoms with Crippen molar-refractivity contribution in [3.05, 3.63) is 53.6 Å². The first-order chi connectivity index (χ1) is 17.3. The van der Waals surface area contributed by atoms with E-state index < -0.39 is 16.1 Å². The second-order valence-electron chi connectivity index (χ2n) is 10.6. The second kappa shape index (κ2) is 12.1. The zero-order valence-electron chi connectivity index (χ0n) is 21.2. The standard InChI is InChI=1S/C27H39ClN4O3S/c1-2-18-36(34,35)30-25(19-22-8-10-24(28)11-9-22)26(33)32-15-12-27(13-16-32,20-31-17-14-29-21-31)23-6-4-3-5-7-23/h8-11,14,17,21,23,25,30H,2-7,12-13,15-16,18-20H2,1H3. The Morgan fingerprint density at radius 3 is 2.47 bits per heavy atom. The van der Waals surface area contributed by atoms with E-state index in [0.717, 1.165) is 24.9 Å². The number of sulfonamides is 1. The maximum absolute atomic E-state index is 13.7. The molecule has 2 aromatic rings. The minimum absolute atomic E-state index is 0.00704. The van der Waals surface area contributed by atoms with E-state index in [2.05, 4.69) is 14.3 Å². The van der Waals surface area contributed by atoms with Gasteiger partial charge in [0.25, 0.3) is 0 Å². The van der Waals surface area contributed by atoms with Gasteiger partial charge in [0.05, 0.1) is 12.1 Å². The molecule has 2 fully saturated rings. The number of hydrogen-bond donors (Lipinski definition) is 1. The van der Waals surface area contributed by atoms with Crippen molar-refractivity contribution in [3.8, 4) is 0 Å². The topological polar surface area (TPSA) is 84.3 Å². The van der Waals surface area contributed by atoms with Crippen LogP contribution in [-0.4, -0.2) is 53.7 Å². The molecule has 1 aliphatic heterocycles. The smallest absolute Gasteiger partial charge is 0.241 e. The highest BCUT2D eigenvalue weighted by Crippen LogP contribution is 2.47. The molecule has 1 aromatic heterocycles. The van der Waals surface area contributed by atoms with Crippen LogP contribution in [0.25, 0.3) is 0 Å². The molecule has 2 heterocycles. The Bertz CT molecular complexity index is 1070. The van der Waals surface area contributed by atoms with Gasteiger partial charge in [-0.3, -0.25) is 4.79 Å². The van der Waals surface area contributed by atoms with Crippen LogP contribution in [0.4, 0.5) is 0 Å².